The number of para-hydroxylation sites is 1. The maximum atomic E-state index is 12.9. The first kappa shape index (κ1) is 21.7. The number of amides is 1. The van der Waals surface area contributed by atoms with Crippen molar-refractivity contribution in [3.63, 3.8) is 0 Å². The van der Waals surface area contributed by atoms with Crippen molar-refractivity contribution in [3.8, 4) is 0 Å². The highest BCUT2D eigenvalue weighted by Gasteiger charge is 2.21. The molecule has 3 aromatic rings. The zero-order valence-corrected chi connectivity index (χ0v) is 19.2. The molecule has 1 saturated heterocycles. The predicted molar refractivity (Wildman–Crippen MR) is 122 cm³/mol. The minimum atomic E-state index is -0.325. The minimum Gasteiger partial charge on any atom is -0.379 e. The van der Waals surface area contributed by atoms with E-state index in [1.807, 2.05) is 52.1 Å². The number of nitrogens with zero attached hydrogens (tertiary/aromatic N) is 5. The van der Waals surface area contributed by atoms with Gasteiger partial charge >= 0.3 is 0 Å². The average molecular weight is 441 g/mol. The number of hydrogen-bond acceptors (Lipinski definition) is 7. The SMILES string of the molecule is Cc1nn(C)c(C)c1NC(=O)C(C)Sc1nc(CN2CCOCC2)nc2ccccc12. The smallest absolute Gasteiger partial charge is 0.237 e. The van der Waals surface area contributed by atoms with Gasteiger partial charge in [0, 0.05) is 25.5 Å². The molecule has 0 aliphatic carbocycles. The summed E-state index contributed by atoms with van der Waals surface area (Å²) in [7, 11) is 1.87. The summed E-state index contributed by atoms with van der Waals surface area (Å²) in [4.78, 5) is 24.8. The van der Waals surface area contributed by atoms with E-state index in [4.69, 9.17) is 14.7 Å². The second kappa shape index (κ2) is 9.33. The molecular formula is C22H28N6O2S. The van der Waals surface area contributed by atoms with Crippen LogP contribution in [0.4, 0.5) is 5.69 Å². The van der Waals surface area contributed by atoms with Gasteiger partial charge in [-0.05, 0) is 26.8 Å². The molecule has 0 bridgehead atoms. The number of hydrogen-bond donors (Lipinski definition) is 1. The van der Waals surface area contributed by atoms with Crippen molar-refractivity contribution in [1.29, 1.82) is 0 Å². The van der Waals surface area contributed by atoms with E-state index in [1.165, 1.54) is 11.8 Å². The second-order valence-electron chi connectivity index (χ2n) is 7.77. The first-order valence-corrected chi connectivity index (χ1v) is 11.3. The number of rotatable bonds is 6. The van der Waals surface area contributed by atoms with Gasteiger partial charge in [-0.3, -0.25) is 14.4 Å². The molecule has 0 saturated carbocycles. The summed E-state index contributed by atoms with van der Waals surface area (Å²) >= 11 is 1.46. The van der Waals surface area contributed by atoms with Crippen LogP contribution in [0.1, 0.15) is 24.1 Å². The van der Waals surface area contributed by atoms with Gasteiger partial charge in [0.1, 0.15) is 10.9 Å². The fourth-order valence-electron chi connectivity index (χ4n) is 3.61. The van der Waals surface area contributed by atoms with Crippen LogP contribution < -0.4 is 5.32 Å². The maximum absolute atomic E-state index is 12.9. The van der Waals surface area contributed by atoms with Crippen LogP contribution in [-0.4, -0.2) is 62.1 Å². The van der Waals surface area contributed by atoms with Gasteiger partial charge in [-0.15, -0.1) is 0 Å². The first-order valence-electron chi connectivity index (χ1n) is 10.5. The lowest BCUT2D eigenvalue weighted by Crippen LogP contribution is -2.36. The van der Waals surface area contributed by atoms with Crippen molar-refractivity contribution in [2.75, 3.05) is 31.6 Å². The molecule has 1 aliphatic heterocycles. The van der Waals surface area contributed by atoms with Crippen LogP contribution in [0, 0.1) is 13.8 Å². The van der Waals surface area contributed by atoms with Crippen molar-refractivity contribution >= 4 is 34.3 Å². The van der Waals surface area contributed by atoms with E-state index in [1.54, 1.807) is 4.68 Å². The van der Waals surface area contributed by atoms with Gasteiger partial charge in [0.25, 0.3) is 0 Å². The number of nitrogens with one attached hydrogen (secondary N) is 1. The van der Waals surface area contributed by atoms with Crippen LogP contribution >= 0.6 is 11.8 Å². The number of aryl methyl sites for hydroxylation is 2. The summed E-state index contributed by atoms with van der Waals surface area (Å²) in [5, 5.41) is 8.88. The van der Waals surface area contributed by atoms with Gasteiger partial charge in [-0.2, -0.15) is 5.10 Å². The molecule has 31 heavy (non-hydrogen) atoms. The summed E-state index contributed by atoms with van der Waals surface area (Å²) in [5.41, 5.74) is 3.42. The van der Waals surface area contributed by atoms with Crippen LogP contribution in [0.15, 0.2) is 29.3 Å². The summed E-state index contributed by atoms with van der Waals surface area (Å²) < 4.78 is 7.22. The second-order valence-corrected chi connectivity index (χ2v) is 9.10. The lowest BCUT2D eigenvalue weighted by molar-refractivity contribution is -0.115. The highest BCUT2D eigenvalue weighted by molar-refractivity contribution is 8.00. The van der Waals surface area contributed by atoms with Gasteiger partial charge < -0.3 is 10.1 Å². The monoisotopic (exact) mass is 440 g/mol. The normalized spacial score (nSPS) is 15.9. The quantitative estimate of drug-likeness (QED) is 0.466. The van der Waals surface area contributed by atoms with E-state index in [0.29, 0.717) is 6.54 Å². The Morgan fingerprint density at radius 1 is 1.23 bits per heavy atom. The van der Waals surface area contributed by atoms with Crippen LogP contribution in [0.5, 0.6) is 0 Å². The van der Waals surface area contributed by atoms with Crippen LogP contribution in [0.3, 0.4) is 0 Å². The zero-order chi connectivity index (χ0) is 22.0. The molecule has 9 heteroatoms. The molecule has 1 amide bonds. The summed E-state index contributed by atoms with van der Waals surface area (Å²) in [6.07, 6.45) is 0. The molecule has 8 nitrogen and oxygen atoms in total. The zero-order valence-electron chi connectivity index (χ0n) is 18.4. The summed E-state index contributed by atoms with van der Waals surface area (Å²) in [5.74, 6) is 0.705. The molecular weight excluding hydrogens is 412 g/mol. The third-order valence-electron chi connectivity index (χ3n) is 5.50. The molecule has 164 valence electrons. The van der Waals surface area contributed by atoms with Crippen LogP contribution in [0.25, 0.3) is 10.9 Å². The average Bonchev–Trinajstić information content (AvgIpc) is 3.00. The van der Waals surface area contributed by atoms with Crippen LogP contribution in [0.2, 0.25) is 0 Å². The topological polar surface area (TPSA) is 85.2 Å². The van der Waals surface area contributed by atoms with Gasteiger partial charge in [0.15, 0.2) is 0 Å². The summed E-state index contributed by atoms with van der Waals surface area (Å²) in [6, 6.07) is 7.96. The molecule has 2 aromatic heterocycles. The number of carbonyl (C=O) groups excluding carboxylic acids is 1. The molecule has 1 fully saturated rings. The Morgan fingerprint density at radius 2 is 1.97 bits per heavy atom. The Balaban J connectivity index is 1.55. The highest BCUT2D eigenvalue weighted by atomic mass is 32.2. The number of thioether (sulfide) groups is 1. The standard InChI is InChI=1S/C22H28N6O2S/c1-14-20(15(2)27(4)26-14)25-21(29)16(3)31-22-17-7-5-6-8-18(17)23-19(24-22)13-28-9-11-30-12-10-28/h5-8,16H,9-13H2,1-4H3,(H,25,29). The minimum absolute atomic E-state index is 0.0679. The van der Waals surface area contributed by atoms with Gasteiger partial charge in [-0.25, -0.2) is 9.97 Å². The van der Waals surface area contributed by atoms with Crippen molar-refractivity contribution in [1.82, 2.24) is 24.6 Å². The molecule has 1 atom stereocenters. The number of carbonyl (C=O) groups is 1. The Morgan fingerprint density at radius 3 is 2.68 bits per heavy atom. The number of anilines is 1. The number of ether oxygens (including phenoxy) is 1. The molecule has 1 aliphatic rings. The van der Waals surface area contributed by atoms with E-state index in [0.717, 1.165) is 65.1 Å². The van der Waals surface area contributed by atoms with Crippen molar-refractivity contribution in [2.24, 2.45) is 7.05 Å². The lowest BCUT2D eigenvalue weighted by Gasteiger charge is -2.26. The van der Waals surface area contributed by atoms with Gasteiger partial charge in [0.05, 0.1) is 47.6 Å². The largest absolute Gasteiger partial charge is 0.379 e. The number of morpholine rings is 1. The van der Waals surface area contributed by atoms with Crippen molar-refractivity contribution < 1.29 is 9.53 Å². The van der Waals surface area contributed by atoms with E-state index >= 15 is 0 Å². The van der Waals surface area contributed by atoms with Crippen molar-refractivity contribution in [3.05, 3.63) is 41.5 Å². The first-order chi connectivity index (χ1) is 14.9. The predicted octanol–water partition coefficient (Wildman–Crippen LogP) is 2.93. The third kappa shape index (κ3) is 4.89. The van der Waals surface area contributed by atoms with E-state index < -0.39 is 0 Å². The number of aromatic nitrogens is 4. The molecule has 4 rings (SSSR count). The molecule has 1 N–H and O–H groups in total. The Labute approximate surface area is 186 Å². The van der Waals surface area contributed by atoms with Crippen LogP contribution in [-0.2, 0) is 23.1 Å². The highest BCUT2D eigenvalue weighted by Crippen LogP contribution is 2.30. The Bertz CT molecular complexity index is 1090. The Hall–Kier alpha value is -2.49. The Kier molecular flexibility index (Phi) is 6.54. The third-order valence-corrected chi connectivity index (χ3v) is 6.60. The van der Waals surface area contributed by atoms with Gasteiger partial charge in [-0.1, -0.05) is 30.0 Å². The molecule has 0 spiro atoms. The molecule has 1 unspecified atom stereocenters. The molecule has 3 heterocycles. The fourth-order valence-corrected chi connectivity index (χ4v) is 4.57. The molecule has 1 aromatic carbocycles. The lowest BCUT2D eigenvalue weighted by atomic mass is 10.2. The van der Waals surface area contributed by atoms with E-state index in [-0.39, 0.29) is 11.2 Å². The molecule has 0 radical (unpaired) electrons. The number of fused-ring (bicyclic) bond motifs is 1. The number of benzene rings is 1. The van der Waals surface area contributed by atoms with E-state index in [2.05, 4.69) is 15.3 Å². The maximum Gasteiger partial charge on any atom is 0.237 e. The summed E-state index contributed by atoms with van der Waals surface area (Å²) in [6.45, 7) is 9.65. The fraction of sp³-hybridized carbons (Fsp3) is 0.455. The van der Waals surface area contributed by atoms with E-state index in [9.17, 15) is 4.79 Å². The van der Waals surface area contributed by atoms with Gasteiger partial charge in [0.2, 0.25) is 5.91 Å². The van der Waals surface area contributed by atoms with Crippen molar-refractivity contribution in [2.45, 2.75) is 37.6 Å².